The van der Waals surface area contributed by atoms with E-state index in [4.69, 9.17) is 9.72 Å². The lowest BCUT2D eigenvalue weighted by atomic mass is 10.0. The van der Waals surface area contributed by atoms with E-state index in [2.05, 4.69) is 39.6 Å². The van der Waals surface area contributed by atoms with Gasteiger partial charge in [-0.3, -0.25) is 4.79 Å². The van der Waals surface area contributed by atoms with Gasteiger partial charge >= 0.3 is 0 Å². The fraction of sp³-hybridized carbons (Fsp3) is 0.167. The number of hydrogen-bond acceptors (Lipinski definition) is 3. The molecule has 3 N–H and O–H groups in total. The number of benzene rings is 2. The summed E-state index contributed by atoms with van der Waals surface area (Å²) in [6, 6.07) is 16.2. The molecule has 2 aromatic carbocycles. The molecule has 0 unspecified atom stereocenters. The van der Waals surface area contributed by atoms with Gasteiger partial charge in [0.15, 0.2) is 0 Å². The number of carbonyl (C=O) groups excluding carboxylic acids is 1. The van der Waals surface area contributed by atoms with Gasteiger partial charge in [0.05, 0.1) is 35.1 Å². The van der Waals surface area contributed by atoms with E-state index >= 15 is 0 Å². The first-order chi connectivity index (χ1) is 14.7. The average Bonchev–Trinajstić information content (AvgIpc) is 3.46. The molecule has 0 aliphatic carbocycles. The largest absolute Gasteiger partial charge is 0.495 e. The highest BCUT2D eigenvalue weighted by molar-refractivity contribution is 6.37. The molecule has 5 rings (SSSR count). The van der Waals surface area contributed by atoms with Crippen LogP contribution in [0.15, 0.2) is 54.7 Å². The third-order valence-electron chi connectivity index (χ3n) is 5.44. The lowest BCUT2D eigenvalue weighted by Crippen LogP contribution is -2.03. The van der Waals surface area contributed by atoms with E-state index in [0.29, 0.717) is 11.3 Å². The van der Waals surface area contributed by atoms with E-state index in [1.165, 1.54) is 5.56 Å². The SMILES string of the molecule is COc1cc[nH]c1/C=C1\C(=O)Nc2ccc3[nH]c(CCCc4ccccc4)nc3c21. The van der Waals surface area contributed by atoms with Crippen molar-refractivity contribution in [2.75, 3.05) is 12.4 Å². The zero-order valence-corrected chi connectivity index (χ0v) is 16.7. The van der Waals surface area contributed by atoms with Crippen molar-refractivity contribution in [2.24, 2.45) is 0 Å². The lowest BCUT2D eigenvalue weighted by molar-refractivity contribution is -0.110. The van der Waals surface area contributed by atoms with E-state index in [9.17, 15) is 4.79 Å². The third kappa shape index (κ3) is 3.26. The summed E-state index contributed by atoms with van der Waals surface area (Å²) in [7, 11) is 1.61. The number of imidazole rings is 1. The van der Waals surface area contributed by atoms with Crippen LogP contribution < -0.4 is 10.1 Å². The summed E-state index contributed by atoms with van der Waals surface area (Å²) in [4.78, 5) is 24.0. The number of nitrogens with zero attached hydrogens (tertiary/aromatic N) is 1. The molecular formula is C24H22N4O2. The van der Waals surface area contributed by atoms with Gasteiger partial charge in [0, 0.05) is 18.2 Å². The van der Waals surface area contributed by atoms with Crippen molar-refractivity contribution in [3.05, 3.63) is 77.4 Å². The van der Waals surface area contributed by atoms with Gasteiger partial charge in [0.25, 0.3) is 5.91 Å². The number of rotatable bonds is 6. The van der Waals surface area contributed by atoms with E-state index in [1.54, 1.807) is 13.3 Å². The van der Waals surface area contributed by atoms with E-state index in [-0.39, 0.29) is 5.91 Å². The van der Waals surface area contributed by atoms with Crippen molar-refractivity contribution in [1.82, 2.24) is 15.0 Å². The second-order valence-corrected chi connectivity index (χ2v) is 7.38. The number of aryl methyl sites for hydroxylation is 2. The molecule has 0 fully saturated rings. The first kappa shape index (κ1) is 18.2. The molecule has 4 aromatic rings. The molecule has 6 heteroatoms. The molecule has 0 bridgehead atoms. The molecule has 6 nitrogen and oxygen atoms in total. The van der Waals surface area contributed by atoms with Gasteiger partial charge in [-0.2, -0.15) is 0 Å². The summed E-state index contributed by atoms with van der Waals surface area (Å²) in [6.07, 6.45) is 6.48. The normalized spacial score (nSPS) is 14.3. The van der Waals surface area contributed by atoms with Crippen LogP contribution in [0.4, 0.5) is 5.69 Å². The van der Waals surface area contributed by atoms with Crippen LogP contribution in [0.5, 0.6) is 5.75 Å². The predicted molar refractivity (Wildman–Crippen MR) is 118 cm³/mol. The molecule has 150 valence electrons. The molecule has 1 aliphatic rings. The number of ether oxygens (including phenoxy) is 1. The molecule has 2 aromatic heterocycles. The zero-order chi connectivity index (χ0) is 20.5. The van der Waals surface area contributed by atoms with Crippen LogP contribution in [0, 0.1) is 0 Å². The number of amides is 1. The highest BCUT2D eigenvalue weighted by Crippen LogP contribution is 2.38. The maximum Gasteiger partial charge on any atom is 0.256 e. The van der Waals surface area contributed by atoms with Gasteiger partial charge in [-0.15, -0.1) is 0 Å². The standard InChI is InChI=1S/C24H22N4O2/c1-30-20-12-13-25-19(20)14-16-22-17(27-24(16)29)10-11-18-23(22)28-21(26-18)9-5-8-15-6-3-2-4-7-15/h2-4,6-7,10-14,25H,5,8-9H2,1H3,(H,26,28)(H,27,29)/b16-14-. The molecule has 0 atom stereocenters. The summed E-state index contributed by atoms with van der Waals surface area (Å²) in [5, 5.41) is 2.95. The van der Waals surface area contributed by atoms with Gasteiger partial charge in [-0.1, -0.05) is 30.3 Å². The molecule has 1 amide bonds. The monoisotopic (exact) mass is 398 g/mol. The van der Waals surface area contributed by atoms with Crippen molar-refractivity contribution < 1.29 is 9.53 Å². The molecule has 0 saturated heterocycles. The van der Waals surface area contributed by atoms with Crippen LogP contribution in [-0.4, -0.2) is 28.0 Å². The van der Waals surface area contributed by atoms with E-state index < -0.39 is 0 Å². The number of methoxy groups -OCH3 is 1. The molecular weight excluding hydrogens is 376 g/mol. The van der Waals surface area contributed by atoms with Gasteiger partial charge in [-0.05, 0) is 42.7 Å². The molecule has 0 saturated carbocycles. The van der Waals surface area contributed by atoms with Gasteiger partial charge in [0.2, 0.25) is 0 Å². The van der Waals surface area contributed by atoms with E-state index in [0.717, 1.165) is 53.1 Å². The maximum atomic E-state index is 12.7. The number of aromatic amines is 2. The van der Waals surface area contributed by atoms with Gasteiger partial charge < -0.3 is 20.0 Å². The summed E-state index contributed by atoms with van der Waals surface area (Å²) in [6.45, 7) is 0. The molecule has 0 radical (unpaired) electrons. The topological polar surface area (TPSA) is 82.8 Å². The lowest BCUT2D eigenvalue weighted by Gasteiger charge is -2.01. The number of fused-ring (bicyclic) bond motifs is 3. The molecule has 30 heavy (non-hydrogen) atoms. The fourth-order valence-corrected chi connectivity index (χ4v) is 3.97. The van der Waals surface area contributed by atoms with Crippen LogP contribution in [0.3, 0.4) is 0 Å². The van der Waals surface area contributed by atoms with Crippen LogP contribution >= 0.6 is 0 Å². The Morgan fingerprint density at radius 2 is 1.93 bits per heavy atom. The van der Waals surface area contributed by atoms with Crippen LogP contribution in [0.25, 0.3) is 22.7 Å². The number of H-pyrrole nitrogens is 2. The van der Waals surface area contributed by atoms with Crippen molar-refractivity contribution in [3.8, 4) is 5.75 Å². The Kier molecular flexibility index (Phi) is 4.59. The maximum absolute atomic E-state index is 12.7. The van der Waals surface area contributed by atoms with Crippen molar-refractivity contribution in [1.29, 1.82) is 0 Å². The van der Waals surface area contributed by atoms with E-state index in [1.807, 2.05) is 30.3 Å². The Morgan fingerprint density at radius 1 is 1.07 bits per heavy atom. The average molecular weight is 398 g/mol. The minimum Gasteiger partial charge on any atom is -0.495 e. The smallest absolute Gasteiger partial charge is 0.256 e. The van der Waals surface area contributed by atoms with Crippen molar-refractivity contribution in [3.63, 3.8) is 0 Å². The molecule has 3 heterocycles. The summed E-state index contributed by atoms with van der Waals surface area (Å²) < 4.78 is 5.36. The molecule has 1 aliphatic heterocycles. The third-order valence-corrected chi connectivity index (χ3v) is 5.44. The number of hydrogen-bond donors (Lipinski definition) is 3. The first-order valence-electron chi connectivity index (χ1n) is 10.0. The summed E-state index contributed by atoms with van der Waals surface area (Å²) in [5.74, 6) is 1.49. The summed E-state index contributed by atoms with van der Waals surface area (Å²) >= 11 is 0. The quantitative estimate of drug-likeness (QED) is 0.416. The molecule has 0 spiro atoms. The number of carbonyl (C=O) groups is 1. The van der Waals surface area contributed by atoms with Crippen molar-refractivity contribution >= 4 is 34.3 Å². The Morgan fingerprint density at radius 3 is 2.77 bits per heavy atom. The second kappa shape index (κ2) is 7.55. The minimum atomic E-state index is -0.136. The Hall–Kier alpha value is -3.80. The minimum absolute atomic E-state index is 0.136. The zero-order valence-electron chi connectivity index (χ0n) is 16.7. The van der Waals surface area contributed by atoms with Crippen LogP contribution in [0.2, 0.25) is 0 Å². The predicted octanol–water partition coefficient (Wildman–Crippen LogP) is 4.57. The Bertz CT molecular complexity index is 1250. The highest BCUT2D eigenvalue weighted by atomic mass is 16.5. The van der Waals surface area contributed by atoms with Gasteiger partial charge in [-0.25, -0.2) is 4.98 Å². The van der Waals surface area contributed by atoms with Crippen molar-refractivity contribution in [2.45, 2.75) is 19.3 Å². The Labute approximate surface area is 174 Å². The Balaban J connectivity index is 1.46. The van der Waals surface area contributed by atoms with Crippen LogP contribution in [0.1, 0.15) is 29.1 Å². The highest BCUT2D eigenvalue weighted by Gasteiger charge is 2.28. The van der Waals surface area contributed by atoms with Gasteiger partial charge in [0.1, 0.15) is 11.6 Å². The first-order valence-corrected chi connectivity index (χ1v) is 10.0. The van der Waals surface area contributed by atoms with Crippen LogP contribution in [-0.2, 0) is 17.6 Å². The number of aromatic nitrogens is 3. The second-order valence-electron chi connectivity index (χ2n) is 7.38. The number of anilines is 1. The summed E-state index contributed by atoms with van der Waals surface area (Å²) in [5.41, 5.74) is 6.03. The number of nitrogens with one attached hydrogen (secondary N) is 3. The fourth-order valence-electron chi connectivity index (χ4n) is 3.97.